The Labute approximate surface area is 108 Å². The summed E-state index contributed by atoms with van der Waals surface area (Å²) in [6.45, 7) is 2.24. The first-order chi connectivity index (χ1) is 6.36. The average molecular weight is 270 g/mol. The van der Waals surface area contributed by atoms with Crippen LogP contribution < -0.4 is 5.32 Å². The normalized spacial score (nSPS) is 16.3. The van der Waals surface area contributed by atoms with Crippen molar-refractivity contribution >= 4 is 36.4 Å². The Morgan fingerprint density at radius 3 is 2.40 bits per heavy atom. The van der Waals surface area contributed by atoms with E-state index in [9.17, 15) is 0 Å². The summed E-state index contributed by atoms with van der Waals surface area (Å²) in [5.41, 5.74) is 1.32. The maximum Gasteiger partial charge on any atom is 0.129 e. The second-order valence-corrected chi connectivity index (χ2v) is 3.83. The maximum atomic E-state index is 5.73. The van der Waals surface area contributed by atoms with Gasteiger partial charge in [0.15, 0.2) is 0 Å². The molecule has 15 heavy (non-hydrogen) atoms. The van der Waals surface area contributed by atoms with Crippen LogP contribution in [0.4, 0.5) is 0 Å². The lowest BCUT2D eigenvalue weighted by atomic mass is 9.91. The van der Waals surface area contributed by atoms with Crippen molar-refractivity contribution in [1.29, 1.82) is 0 Å². The van der Waals surface area contributed by atoms with Gasteiger partial charge in [-0.25, -0.2) is 4.98 Å². The zero-order valence-corrected chi connectivity index (χ0v) is 10.7. The number of nitrogens with one attached hydrogen (secondary N) is 1. The molecule has 1 aliphatic rings. The Balaban J connectivity index is 0.000000980. The molecule has 0 spiro atoms. The van der Waals surface area contributed by atoms with Gasteiger partial charge in [0, 0.05) is 6.20 Å². The van der Waals surface area contributed by atoms with Gasteiger partial charge in [-0.05, 0) is 43.5 Å². The van der Waals surface area contributed by atoms with Gasteiger partial charge < -0.3 is 5.32 Å². The smallest absolute Gasteiger partial charge is 0.129 e. The van der Waals surface area contributed by atoms with Crippen LogP contribution in [0.3, 0.4) is 0 Å². The summed E-state index contributed by atoms with van der Waals surface area (Å²) in [4.78, 5) is 4.10. The molecule has 1 N–H and O–H groups in total. The molecule has 0 atom stereocenters. The monoisotopic (exact) mass is 268 g/mol. The van der Waals surface area contributed by atoms with Crippen LogP contribution >= 0.6 is 36.4 Å². The number of hydrogen-bond acceptors (Lipinski definition) is 2. The van der Waals surface area contributed by atoms with Crippen molar-refractivity contribution in [3.63, 3.8) is 0 Å². The maximum absolute atomic E-state index is 5.73. The lowest BCUT2D eigenvalue weighted by Crippen LogP contribution is -2.26. The molecule has 1 aromatic rings. The summed E-state index contributed by atoms with van der Waals surface area (Å²) in [5.74, 6) is 0.672. The topological polar surface area (TPSA) is 24.9 Å². The van der Waals surface area contributed by atoms with Gasteiger partial charge in [0.05, 0.1) is 0 Å². The van der Waals surface area contributed by atoms with E-state index in [4.69, 9.17) is 11.6 Å². The molecular formula is C10H15Cl3N2. The number of piperidine rings is 1. The zero-order valence-electron chi connectivity index (χ0n) is 8.28. The molecule has 1 aliphatic heterocycles. The fourth-order valence-corrected chi connectivity index (χ4v) is 1.90. The predicted molar refractivity (Wildman–Crippen MR) is 68.6 cm³/mol. The molecule has 0 amide bonds. The van der Waals surface area contributed by atoms with Crippen molar-refractivity contribution in [3.8, 4) is 0 Å². The van der Waals surface area contributed by atoms with E-state index in [1.54, 1.807) is 0 Å². The van der Waals surface area contributed by atoms with E-state index >= 15 is 0 Å². The summed E-state index contributed by atoms with van der Waals surface area (Å²) >= 11 is 5.73. The molecule has 1 aromatic heterocycles. The standard InChI is InChI=1S/C10H13ClN2.2ClH/c11-10-2-1-9(7-13-10)8-3-5-12-6-4-8;;/h1-2,7-8,12H,3-6H2;2*1H. The summed E-state index contributed by atoms with van der Waals surface area (Å²) in [6.07, 6.45) is 4.32. The van der Waals surface area contributed by atoms with Crippen LogP contribution in [-0.4, -0.2) is 18.1 Å². The summed E-state index contributed by atoms with van der Waals surface area (Å²) < 4.78 is 0. The summed E-state index contributed by atoms with van der Waals surface area (Å²) in [6, 6.07) is 3.96. The second-order valence-electron chi connectivity index (χ2n) is 3.44. The van der Waals surface area contributed by atoms with Crippen LogP contribution in [-0.2, 0) is 0 Å². The first-order valence-corrected chi connectivity index (χ1v) is 5.06. The minimum Gasteiger partial charge on any atom is -0.317 e. The Morgan fingerprint density at radius 2 is 1.87 bits per heavy atom. The molecule has 1 fully saturated rings. The molecule has 0 unspecified atom stereocenters. The van der Waals surface area contributed by atoms with Crippen molar-refractivity contribution in [2.24, 2.45) is 0 Å². The molecule has 1 saturated heterocycles. The number of hydrogen-bond donors (Lipinski definition) is 1. The summed E-state index contributed by atoms with van der Waals surface area (Å²) in [7, 11) is 0. The van der Waals surface area contributed by atoms with Crippen LogP contribution in [0.25, 0.3) is 0 Å². The van der Waals surface area contributed by atoms with E-state index in [0.717, 1.165) is 13.1 Å². The molecule has 0 radical (unpaired) electrons. The van der Waals surface area contributed by atoms with Gasteiger partial charge >= 0.3 is 0 Å². The van der Waals surface area contributed by atoms with E-state index in [2.05, 4.69) is 16.4 Å². The molecule has 5 heteroatoms. The molecule has 0 saturated carbocycles. The van der Waals surface area contributed by atoms with Gasteiger partial charge in [-0.2, -0.15) is 0 Å². The highest BCUT2D eigenvalue weighted by molar-refractivity contribution is 6.29. The lowest BCUT2D eigenvalue weighted by Gasteiger charge is -2.22. The van der Waals surface area contributed by atoms with Gasteiger partial charge in [-0.1, -0.05) is 17.7 Å². The van der Waals surface area contributed by atoms with Gasteiger partial charge in [0.1, 0.15) is 5.15 Å². The second kappa shape index (κ2) is 7.29. The average Bonchev–Trinajstić information content (AvgIpc) is 2.20. The lowest BCUT2D eigenvalue weighted by molar-refractivity contribution is 0.459. The van der Waals surface area contributed by atoms with Crippen molar-refractivity contribution in [1.82, 2.24) is 10.3 Å². The fraction of sp³-hybridized carbons (Fsp3) is 0.500. The fourth-order valence-electron chi connectivity index (χ4n) is 1.78. The van der Waals surface area contributed by atoms with Gasteiger partial charge in [0.2, 0.25) is 0 Å². The third-order valence-corrected chi connectivity index (χ3v) is 2.78. The number of pyridine rings is 1. The molecule has 0 bridgehead atoms. The largest absolute Gasteiger partial charge is 0.317 e. The molecule has 86 valence electrons. The Morgan fingerprint density at radius 1 is 1.20 bits per heavy atom. The van der Waals surface area contributed by atoms with Crippen LogP contribution in [0.15, 0.2) is 18.3 Å². The molecular weight excluding hydrogens is 254 g/mol. The van der Waals surface area contributed by atoms with E-state index in [1.165, 1.54) is 18.4 Å². The summed E-state index contributed by atoms with van der Waals surface area (Å²) in [5, 5.41) is 3.93. The zero-order chi connectivity index (χ0) is 9.10. The van der Waals surface area contributed by atoms with E-state index < -0.39 is 0 Å². The third kappa shape index (κ3) is 4.15. The van der Waals surface area contributed by atoms with Crippen molar-refractivity contribution < 1.29 is 0 Å². The van der Waals surface area contributed by atoms with E-state index in [-0.39, 0.29) is 24.8 Å². The van der Waals surface area contributed by atoms with E-state index in [1.807, 2.05) is 12.3 Å². The Kier molecular flexibility index (Phi) is 7.28. The van der Waals surface area contributed by atoms with Crippen molar-refractivity contribution in [2.75, 3.05) is 13.1 Å². The Hall–Kier alpha value is -0.0200. The van der Waals surface area contributed by atoms with Gasteiger partial charge in [-0.15, -0.1) is 24.8 Å². The number of aromatic nitrogens is 1. The quantitative estimate of drug-likeness (QED) is 0.793. The third-order valence-electron chi connectivity index (χ3n) is 2.56. The van der Waals surface area contributed by atoms with Crippen LogP contribution in [0.5, 0.6) is 0 Å². The van der Waals surface area contributed by atoms with Gasteiger partial charge in [-0.3, -0.25) is 0 Å². The Bertz CT molecular complexity index is 271. The SMILES string of the molecule is Cl.Cl.Clc1ccc(C2CCNCC2)cn1. The minimum absolute atomic E-state index is 0. The predicted octanol–water partition coefficient (Wildman–Crippen LogP) is 3.05. The first-order valence-electron chi connectivity index (χ1n) is 4.68. The molecule has 0 aliphatic carbocycles. The van der Waals surface area contributed by atoms with Crippen molar-refractivity contribution in [2.45, 2.75) is 18.8 Å². The number of rotatable bonds is 1. The van der Waals surface area contributed by atoms with E-state index in [0.29, 0.717) is 11.1 Å². The molecule has 2 heterocycles. The van der Waals surface area contributed by atoms with Crippen molar-refractivity contribution in [3.05, 3.63) is 29.0 Å². The number of halogens is 3. The molecule has 2 rings (SSSR count). The minimum atomic E-state index is 0. The molecule has 2 nitrogen and oxygen atoms in total. The highest BCUT2D eigenvalue weighted by Gasteiger charge is 2.14. The first kappa shape index (κ1) is 15.0. The van der Waals surface area contributed by atoms with Gasteiger partial charge in [0.25, 0.3) is 0 Å². The van der Waals surface area contributed by atoms with Crippen LogP contribution in [0.2, 0.25) is 5.15 Å². The molecule has 0 aromatic carbocycles. The highest BCUT2D eigenvalue weighted by Crippen LogP contribution is 2.24. The van der Waals surface area contributed by atoms with Crippen LogP contribution in [0.1, 0.15) is 24.3 Å². The van der Waals surface area contributed by atoms with Crippen LogP contribution in [0, 0.1) is 0 Å². The highest BCUT2D eigenvalue weighted by atomic mass is 35.5. The number of nitrogens with zero attached hydrogens (tertiary/aromatic N) is 1.